The van der Waals surface area contributed by atoms with Crippen LogP contribution in [0.1, 0.15) is 16.0 Å². The van der Waals surface area contributed by atoms with Crippen molar-refractivity contribution in [3.05, 3.63) is 57.0 Å². The van der Waals surface area contributed by atoms with Crippen LogP contribution in [0.25, 0.3) is 0 Å². The molecular formula is C16H15Br2ClO2. The van der Waals surface area contributed by atoms with Crippen LogP contribution in [0.15, 0.2) is 40.9 Å². The van der Waals surface area contributed by atoms with Crippen LogP contribution in [0.3, 0.4) is 0 Å². The number of rotatable bonds is 5. The molecule has 0 fully saturated rings. The molecule has 0 aliphatic heterocycles. The van der Waals surface area contributed by atoms with E-state index >= 15 is 0 Å². The van der Waals surface area contributed by atoms with Crippen LogP contribution in [0.5, 0.6) is 11.5 Å². The third-order valence-corrected chi connectivity index (χ3v) is 4.75. The second kappa shape index (κ2) is 7.52. The van der Waals surface area contributed by atoms with E-state index in [9.17, 15) is 0 Å². The minimum Gasteiger partial charge on any atom is -0.497 e. The molecule has 0 saturated heterocycles. The predicted molar refractivity (Wildman–Crippen MR) is 94.1 cm³/mol. The van der Waals surface area contributed by atoms with Gasteiger partial charge in [-0.2, -0.15) is 0 Å². The molecular weight excluding hydrogens is 419 g/mol. The number of hydrogen-bond donors (Lipinski definition) is 0. The summed E-state index contributed by atoms with van der Waals surface area (Å²) in [6.45, 7) is 0. The highest BCUT2D eigenvalue weighted by Gasteiger charge is 2.17. The van der Waals surface area contributed by atoms with Gasteiger partial charge in [-0.3, -0.25) is 0 Å². The summed E-state index contributed by atoms with van der Waals surface area (Å²) in [5.41, 5.74) is 2.19. The van der Waals surface area contributed by atoms with E-state index in [1.807, 2.05) is 30.3 Å². The average Bonchev–Trinajstić information content (AvgIpc) is 2.46. The minimum atomic E-state index is 0.0922. The Morgan fingerprint density at radius 2 is 1.90 bits per heavy atom. The third kappa shape index (κ3) is 4.15. The molecule has 2 rings (SSSR count). The predicted octanol–water partition coefficient (Wildman–Crippen LogP) is 5.80. The fourth-order valence-electron chi connectivity index (χ4n) is 2.14. The number of ether oxygens (including phenoxy) is 2. The smallest absolute Gasteiger partial charge is 0.137 e. The van der Waals surface area contributed by atoms with Crippen LogP contribution >= 0.6 is 43.5 Å². The van der Waals surface area contributed by atoms with Crippen molar-refractivity contribution in [2.45, 2.75) is 11.2 Å². The zero-order valence-corrected chi connectivity index (χ0v) is 15.6. The highest BCUT2D eigenvalue weighted by Crippen LogP contribution is 2.40. The van der Waals surface area contributed by atoms with E-state index in [1.165, 1.54) is 5.56 Å². The van der Waals surface area contributed by atoms with Crippen molar-refractivity contribution in [2.24, 2.45) is 0 Å². The van der Waals surface area contributed by atoms with Gasteiger partial charge in [0.05, 0.1) is 18.7 Å². The first-order valence-corrected chi connectivity index (χ1v) is 8.43. The summed E-state index contributed by atoms with van der Waals surface area (Å²) in [6, 6.07) is 11.8. The van der Waals surface area contributed by atoms with Crippen molar-refractivity contribution in [1.29, 1.82) is 0 Å². The monoisotopic (exact) mass is 432 g/mol. The Hall–Kier alpha value is -0.710. The summed E-state index contributed by atoms with van der Waals surface area (Å²) in [4.78, 5) is 0.0922. The van der Waals surface area contributed by atoms with E-state index in [0.717, 1.165) is 28.0 Å². The number of methoxy groups -OCH3 is 2. The standard InChI is InChI=1S/C16H15Br2ClO2/c1-20-12-5-3-4-10(6-12)7-14(17)13-8-11(19)9-15(18)16(13)21-2/h3-6,8-9,14H,7H2,1-2H3. The van der Waals surface area contributed by atoms with E-state index < -0.39 is 0 Å². The van der Waals surface area contributed by atoms with Crippen molar-refractivity contribution < 1.29 is 9.47 Å². The van der Waals surface area contributed by atoms with Crippen molar-refractivity contribution in [1.82, 2.24) is 0 Å². The molecule has 1 unspecified atom stereocenters. The maximum Gasteiger partial charge on any atom is 0.137 e. The molecule has 0 bridgehead atoms. The van der Waals surface area contributed by atoms with Crippen LogP contribution < -0.4 is 9.47 Å². The Bertz CT molecular complexity index is 632. The number of hydrogen-bond acceptors (Lipinski definition) is 2. The molecule has 0 amide bonds. The Balaban J connectivity index is 2.29. The van der Waals surface area contributed by atoms with Crippen LogP contribution in [0.2, 0.25) is 5.02 Å². The molecule has 112 valence electrons. The van der Waals surface area contributed by atoms with Crippen LogP contribution in [0, 0.1) is 0 Å². The second-order valence-electron chi connectivity index (χ2n) is 4.53. The van der Waals surface area contributed by atoms with Gasteiger partial charge in [0.2, 0.25) is 0 Å². The fourth-order valence-corrected chi connectivity index (χ4v) is 3.85. The summed E-state index contributed by atoms with van der Waals surface area (Å²) in [6.07, 6.45) is 0.806. The van der Waals surface area contributed by atoms with Crippen molar-refractivity contribution >= 4 is 43.5 Å². The quantitative estimate of drug-likeness (QED) is 0.554. The third-order valence-electron chi connectivity index (χ3n) is 3.13. The Morgan fingerprint density at radius 1 is 1.14 bits per heavy atom. The first-order valence-electron chi connectivity index (χ1n) is 6.35. The maximum absolute atomic E-state index is 6.15. The van der Waals surface area contributed by atoms with Gasteiger partial charge in [-0.25, -0.2) is 0 Å². The summed E-state index contributed by atoms with van der Waals surface area (Å²) >= 11 is 13.4. The molecule has 0 aromatic heterocycles. The van der Waals surface area contributed by atoms with Gasteiger partial charge in [-0.1, -0.05) is 39.7 Å². The van der Waals surface area contributed by atoms with E-state index in [0.29, 0.717) is 5.02 Å². The highest BCUT2D eigenvalue weighted by atomic mass is 79.9. The van der Waals surface area contributed by atoms with E-state index in [2.05, 4.69) is 37.9 Å². The summed E-state index contributed by atoms with van der Waals surface area (Å²) in [5, 5.41) is 0.674. The lowest BCUT2D eigenvalue weighted by atomic mass is 10.0. The second-order valence-corrected chi connectivity index (χ2v) is 6.93. The van der Waals surface area contributed by atoms with Crippen molar-refractivity contribution in [3.8, 4) is 11.5 Å². The molecule has 21 heavy (non-hydrogen) atoms. The van der Waals surface area contributed by atoms with Crippen LogP contribution in [-0.2, 0) is 6.42 Å². The topological polar surface area (TPSA) is 18.5 Å². The lowest BCUT2D eigenvalue weighted by Crippen LogP contribution is -2.00. The van der Waals surface area contributed by atoms with Gasteiger partial charge in [0, 0.05) is 15.4 Å². The lowest BCUT2D eigenvalue weighted by Gasteiger charge is -2.16. The SMILES string of the molecule is COc1cccc(CC(Br)c2cc(Cl)cc(Br)c2OC)c1. The average molecular weight is 435 g/mol. The van der Waals surface area contributed by atoms with Gasteiger partial charge in [0.15, 0.2) is 0 Å². The minimum absolute atomic E-state index is 0.0922. The Labute approximate surface area is 146 Å². The van der Waals surface area contributed by atoms with E-state index in [4.69, 9.17) is 21.1 Å². The first kappa shape index (κ1) is 16.7. The Kier molecular flexibility index (Phi) is 5.97. The molecule has 0 aliphatic carbocycles. The lowest BCUT2D eigenvalue weighted by molar-refractivity contribution is 0.406. The van der Waals surface area contributed by atoms with Crippen molar-refractivity contribution in [3.63, 3.8) is 0 Å². The van der Waals surface area contributed by atoms with Gasteiger partial charge in [0.25, 0.3) is 0 Å². The van der Waals surface area contributed by atoms with Gasteiger partial charge < -0.3 is 9.47 Å². The summed E-state index contributed by atoms with van der Waals surface area (Å²) in [5.74, 6) is 1.65. The zero-order chi connectivity index (χ0) is 15.4. The number of benzene rings is 2. The number of alkyl halides is 1. The molecule has 0 saturated carbocycles. The molecule has 0 spiro atoms. The molecule has 1 atom stereocenters. The molecule has 0 aliphatic rings. The first-order chi connectivity index (χ1) is 10.0. The summed E-state index contributed by atoms with van der Waals surface area (Å²) in [7, 11) is 3.32. The van der Waals surface area contributed by atoms with Gasteiger partial charge in [-0.15, -0.1) is 0 Å². The van der Waals surface area contributed by atoms with Crippen molar-refractivity contribution in [2.75, 3.05) is 14.2 Å². The zero-order valence-electron chi connectivity index (χ0n) is 11.7. The highest BCUT2D eigenvalue weighted by molar-refractivity contribution is 9.10. The van der Waals surface area contributed by atoms with Crippen LogP contribution in [-0.4, -0.2) is 14.2 Å². The molecule has 5 heteroatoms. The molecule has 2 aromatic rings. The number of halogens is 3. The fraction of sp³-hybridized carbons (Fsp3) is 0.250. The Morgan fingerprint density at radius 3 is 2.57 bits per heavy atom. The summed E-state index contributed by atoms with van der Waals surface area (Å²) < 4.78 is 11.6. The van der Waals surface area contributed by atoms with Crippen LogP contribution in [0.4, 0.5) is 0 Å². The molecule has 0 radical (unpaired) electrons. The molecule has 2 aromatic carbocycles. The molecule has 2 nitrogen and oxygen atoms in total. The normalized spacial score (nSPS) is 12.0. The molecule has 0 N–H and O–H groups in total. The maximum atomic E-state index is 6.15. The van der Waals surface area contributed by atoms with E-state index in [1.54, 1.807) is 14.2 Å². The van der Waals surface area contributed by atoms with Gasteiger partial charge >= 0.3 is 0 Å². The van der Waals surface area contributed by atoms with E-state index in [-0.39, 0.29) is 4.83 Å². The molecule has 0 heterocycles. The van der Waals surface area contributed by atoms with Gasteiger partial charge in [0.1, 0.15) is 11.5 Å². The van der Waals surface area contributed by atoms with Gasteiger partial charge in [-0.05, 0) is 52.2 Å². The largest absolute Gasteiger partial charge is 0.497 e.